The topological polar surface area (TPSA) is 58.6 Å². The lowest BCUT2D eigenvalue weighted by molar-refractivity contribution is 0.0243. The second kappa shape index (κ2) is 6.47. The quantitative estimate of drug-likeness (QED) is 0.806. The zero-order chi connectivity index (χ0) is 13.6. The van der Waals surface area contributed by atoms with Gasteiger partial charge in [0.25, 0.3) is 5.91 Å². The van der Waals surface area contributed by atoms with Crippen molar-refractivity contribution in [3.05, 3.63) is 35.6 Å². The third-order valence-electron chi connectivity index (χ3n) is 2.59. The van der Waals surface area contributed by atoms with Gasteiger partial charge in [0.15, 0.2) is 0 Å². The summed E-state index contributed by atoms with van der Waals surface area (Å²) in [4.78, 5) is 11.7. The van der Waals surface area contributed by atoms with Crippen molar-refractivity contribution in [1.29, 1.82) is 0 Å². The summed E-state index contributed by atoms with van der Waals surface area (Å²) in [7, 11) is 1.54. The number of aliphatic hydroxyl groups is 1. The number of benzene rings is 1. The van der Waals surface area contributed by atoms with Gasteiger partial charge in [0, 0.05) is 26.7 Å². The summed E-state index contributed by atoms with van der Waals surface area (Å²) in [6.45, 7) is 2.03. The minimum Gasteiger partial charge on any atom is -0.388 e. The molecule has 0 spiro atoms. The first-order chi connectivity index (χ1) is 8.46. The fourth-order valence-electron chi connectivity index (χ4n) is 1.42. The van der Waals surface area contributed by atoms with Crippen LogP contribution in [0.25, 0.3) is 0 Å². The summed E-state index contributed by atoms with van der Waals surface area (Å²) in [6.07, 6.45) is 0.390. The van der Waals surface area contributed by atoms with E-state index in [0.29, 0.717) is 13.0 Å². The molecule has 0 aliphatic rings. The standard InChI is InChI=1S/C13H18FNO3/c1-13(17,7-8-18-2)9-15-12(16)10-5-3-4-6-11(10)14/h3-6,17H,7-9H2,1-2H3,(H,15,16). The van der Waals surface area contributed by atoms with Crippen molar-refractivity contribution in [1.82, 2.24) is 5.32 Å². The minimum atomic E-state index is -1.07. The first-order valence-corrected chi connectivity index (χ1v) is 5.70. The fraction of sp³-hybridized carbons (Fsp3) is 0.462. The van der Waals surface area contributed by atoms with Gasteiger partial charge in [0.1, 0.15) is 5.82 Å². The number of rotatable bonds is 6. The van der Waals surface area contributed by atoms with Crippen molar-refractivity contribution in [2.45, 2.75) is 18.9 Å². The van der Waals surface area contributed by atoms with Gasteiger partial charge in [0.2, 0.25) is 0 Å². The SMILES string of the molecule is COCCC(C)(O)CNC(=O)c1ccccc1F. The van der Waals surface area contributed by atoms with Crippen LogP contribution in [0.3, 0.4) is 0 Å². The first-order valence-electron chi connectivity index (χ1n) is 5.70. The molecule has 0 aliphatic carbocycles. The minimum absolute atomic E-state index is 0.0277. The Hall–Kier alpha value is -1.46. The van der Waals surface area contributed by atoms with Gasteiger partial charge < -0.3 is 15.2 Å². The van der Waals surface area contributed by atoms with Crippen LogP contribution in [0, 0.1) is 5.82 Å². The average Bonchev–Trinajstić information content (AvgIpc) is 2.34. The molecule has 1 atom stereocenters. The number of methoxy groups -OCH3 is 1. The first kappa shape index (κ1) is 14.6. The zero-order valence-corrected chi connectivity index (χ0v) is 10.6. The molecule has 0 bridgehead atoms. The molecule has 0 saturated carbocycles. The molecule has 4 nitrogen and oxygen atoms in total. The van der Waals surface area contributed by atoms with E-state index in [4.69, 9.17) is 4.74 Å². The third kappa shape index (κ3) is 4.43. The van der Waals surface area contributed by atoms with Crippen LogP contribution in [0.15, 0.2) is 24.3 Å². The Labute approximate surface area is 106 Å². The molecular formula is C13H18FNO3. The van der Waals surface area contributed by atoms with Crippen molar-refractivity contribution in [2.24, 2.45) is 0 Å². The molecule has 0 aromatic heterocycles. The number of ether oxygens (including phenoxy) is 1. The fourth-order valence-corrected chi connectivity index (χ4v) is 1.42. The van der Waals surface area contributed by atoms with Crippen LogP contribution < -0.4 is 5.32 Å². The van der Waals surface area contributed by atoms with Gasteiger partial charge in [-0.05, 0) is 19.1 Å². The van der Waals surface area contributed by atoms with Crippen LogP contribution in [0.1, 0.15) is 23.7 Å². The normalized spacial score (nSPS) is 14.0. The highest BCUT2D eigenvalue weighted by molar-refractivity contribution is 5.94. The summed E-state index contributed by atoms with van der Waals surface area (Å²) >= 11 is 0. The Morgan fingerprint density at radius 1 is 1.50 bits per heavy atom. The summed E-state index contributed by atoms with van der Waals surface area (Å²) < 4.78 is 18.2. The van der Waals surface area contributed by atoms with Gasteiger partial charge in [-0.15, -0.1) is 0 Å². The Kier molecular flexibility index (Phi) is 5.25. The van der Waals surface area contributed by atoms with Crippen LogP contribution in [0.5, 0.6) is 0 Å². The number of carbonyl (C=O) groups is 1. The molecule has 100 valence electrons. The third-order valence-corrected chi connectivity index (χ3v) is 2.59. The molecule has 1 rings (SSSR count). The molecule has 0 fully saturated rings. The van der Waals surface area contributed by atoms with E-state index in [2.05, 4.69) is 5.32 Å². The largest absolute Gasteiger partial charge is 0.388 e. The lowest BCUT2D eigenvalue weighted by atomic mass is 10.0. The molecule has 1 aromatic carbocycles. The van der Waals surface area contributed by atoms with Gasteiger partial charge >= 0.3 is 0 Å². The second-order valence-electron chi connectivity index (χ2n) is 4.40. The van der Waals surface area contributed by atoms with Gasteiger partial charge in [-0.3, -0.25) is 4.79 Å². The van der Waals surface area contributed by atoms with Gasteiger partial charge in [0.05, 0.1) is 11.2 Å². The molecule has 18 heavy (non-hydrogen) atoms. The predicted octanol–water partition coefficient (Wildman–Crippen LogP) is 1.34. The van der Waals surface area contributed by atoms with E-state index in [1.54, 1.807) is 13.0 Å². The lowest BCUT2D eigenvalue weighted by Gasteiger charge is -2.23. The Morgan fingerprint density at radius 3 is 2.78 bits per heavy atom. The lowest BCUT2D eigenvalue weighted by Crippen LogP contribution is -2.41. The highest BCUT2D eigenvalue weighted by Gasteiger charge is 2.21. The molecule has 2 N–H and O–H groups in total. The van der Waals surface area contributed by atoms with Crippen LogP contribution in [-0.2, 0) is 4.74 Å². The van der Waals surface area contributed by atoms with Crippen molar-refractivity contribution < 1.29 is 19.0 Å². The highest BCUT2D eigenvalue weighted by Crippen LogP contribution is 2.09. The van der Waals surface area contributed by atoms with Crippen LogP contribution >= 0.6 is 0 Å². The van der Waals surface area contributed by atoms with Crippen molar-refractivity contribution >= 4 is 5.91 Å². The van der Waals surface area contributed by atoms with Crippen molar-refractivity contribution in [3.8, 4) is 0 Å². The summed E-state index contributed by atoms with van der Waals surface area (Å²) in [6, 6.07) is 5.72. The highest BCUT2D eigenvalue weighted by atomic mass is 19.1. The summed E-state index contributed by atoms with van der Waals surface area (Å²) in [5.74, 6) is -1.11. The van der Waals surface area contributed by atoms with E-state index in [-0.39, 0.29) is 12.1 Å². The van der Waals surface area contributed by atoms with Crippen molar-refractivity contribution in [3.63, 3.8) is 0 Å². The van der Waals surface area contributed by atoms with E-state index < -0.39 is 17.3 Å². The van der Waals surface area contributed by atoms with Crippen LogP contribution in [0.4, 0.5) is 4.39 Å². The van der Waals surface area contributed by atoms with E-state index in [1.807, 2.05) is 0 Å². The van der Waals surface area contributed by atoms with Crippen LogP contribution in [-0.4, -0.2) is 36.9 Å². The predicted molar refractivity (Wildman–Crippen MR) is 65.9 cm³/mol. The number of hydrogen-bond donors (Lipinski definition) is 2. The Bertz CT molecular complexity index is 407. The molecule has 0 saturated heterocycles. The van der Waals surface area contributed by atoms with E-state index in [9.17, 15) is 14.3 Å². The average molecular weight is 255 g/mol. The van der Waals surface area contributed by atoms with E-state index in [0.717, 1.165) is 0 Å². The maximum atomic E-state index is 13.3. The Morgan fingerprint density at radius 2 is 2.17 bits per heavy atom. The van der Waals surface area contributed by atoms with Gasteiger partial charge in [-0.25, -0.2) is 4.39 Å². The molecule has 0 aliphatic heterocycles. The zero-order valence-electron chi connectivity index (χ0n) is 10.6. The summed E-state index contributed by atoms with van der Waals surface area (Å²) in [5, 5.41) is 12.4. The molecule has 1 unspecified atom stereocenters. The smallest absolute Gasteiger partial charge is 0.254 e. The van der Waals surface area contributed by atoms with E-state index >= 15 is 0 Å². The van der Waals surface area contributed by atoms with Crippen molar-refractivity contribution in [2.75, 3.05) is 20.3 Å². The van der Waals surface area contributed by atoms with Gasteiger partial charge in [-0.1, -0.05) is 12.1 Å². The number of hydrogen-bond acceptors (Lipinski definition) is 3. The number of carbonyl (C=O) groups excluding carboxylic acids is 1. The number of halogens is 1. The molecule has 5 heteroatoms. The molecule has 0 radical (unpaired) electrons. The summed E-state index contributed by atoms with van der Waals surface area (Å²) in [5.41, 5.74) is -1.10. The monoisotopic (exact) mass is 255 g/mol. The second-order valence-corrected chi connectivity index (χ2v) is 4.40. The maximum Gasteiger partial charge on any atom is 0.254 e. The van der Waals surface area contributed by atoms with Gasteiger partial charge in [-0.2, -0.15) is 0 Å². The molecule has 1 aromatic rings. The molecular weight excluding hydrogens is 237 g/mol. The van der Waals surface area contributed by atoms with E-state index in [1.165, 1.54) is 25.3 Å². The maximum absolute atomic E-state index is 13.3. The number of nitrogens with one attached hydrogen (secondary N) is 1. The van der Waals surface area contributed by atoms with Crippen LogP contribution in [0.2, 0.25) is 0 Å². The molecule has 0 heterocycles. The number of amides is 1. The Balaban J connectivity index is 2.54. The molecule has 1 amide bonds.